The van der Waals surface area contributed by atoms with Crippen LogP contribution >= 0.6 is 11.8 Å². The van der Waals surface area contributed by atoms with Crippen molar-refractivity contribution in [2.45, 2.75) is 23.9 Å². The number of hydrogen-bond donors (Lipinski definition) is 2. The third-order valence-electron chi connectivity index (χ3n) is 4.08. The molecular formula is C18H14F3N3O4S. The van der Waals surface area contributed by atoms with Crippen molar-refractivity contribution in [2.75, 3.05) is 0 Å². The Kier molecular flexibility index (Phi) is 5.42. The largest absolute Gasteiger partial charge is 0.493 e. The predicted octanol–water partition coefficient (Wildman–Crippen LogP) is 3.41. The smallest absolute Gasteiger partial charge is 0.446 e. The molecule has 0 saturated carbocycles. The summed E-state index contributed by atoms with van der Waals surface area (Å²) in [5.41, 5.74) is -4.34. The summed E-state index contributed by atoms with van der Waals surface area (Å²) in [4.78, 5) is 27.5. The summed E-state index contributed by atoms with van der Waals surface area (Å²) < 4.78 is 39.6. The number of carboxylic acid groups (broad SMARTS) is 1. The van der Waals surface area contributed by atoms with Gasteiger partial charge in [0.05, 0.1) is 17.9 Å². The van der Waals surface area contributed by atoms with Gasteiger partial charge in [-0.25, -0.2) is 19.1 Å². The lowest BCUT2D eigenvalue weighted by molar-refractivity contribution is -0.0328. The number of alkyl halides is 3. The Bertz CT molecular complexity index is 1120. The van der Waals surface area contributed by atoms with Gasteiger partial charge in [0.15, 0.2) is 0 Å². The maximum atomic E-state index is 12.8. The molecule has 3 aromatic rings. The van der Waals surface area contributed by atoms with E-state index in [0.29, 0.717) is 5.56 Å². The summed E-state index contributed by atoms with van der Waals surface area (Å²) in [5, 5.41) is 19.4. The normalized spacial score (nSPS) is 11.6. The second kappa shape index (κ2) is 7.66. The molecule has 0 aliphatic rings. The fraction of sp³-hybridized carbons (Fsp3) is 0.167. The van der Waals surface area contributed by atoms with Crippen LogP contribution in [0.5, 0.6) is 5.88 Å². The number of imidazole rings is 1. The van der Waals surface area contributed by atoms with Crippen molar-refractivity contribution in [3.63, 3.8) is 0 Å². The summed E-state index contributed by atoms with van der Waals surface area (Å²) in [6, 6.07) is 7.85. The van der Waals surface area contributed by atoms with Gasteiger partial charge in [0.25, 0.3) is 0 Å². The van der Waals surface area contributed by atoms with Crippen molar-refractivity contribution in [3.05, 3.63) is 70.0 Å². The zero-order valence-electron chi connectivity index (χ0n) is 14.8. The Hall–Kier alpha value is -3.21. The van der Waals surface area contributed by atoms with Gasteiger partial charge in [-0.2, -0.15) is 13.2 Å². The first-order valence-corrected chi connectivity index (χ1v) is 8.94. The third kappa shape index (κ3) is 4.45. The monoisotopic (exact) mass is 425 g/mol. The Morgan fingerprint density at radius 3 is 2.45 bits per heavy atom. The van der Waals surface area contributed by atoms with E-state index in [1.165, 1.54) is 54.1 Å². The molecule has 0 spiro atoms. The molecule has 7 nitrogen and oxygen atoms in total. The van der Waals surface area contributed by atoms with E-state index in [4.69, 9.17) is 5.11 Å². The molecule has 0 aliphatic heterocycles. The first-order chi connectivity index (χ1) is 13.6. The molecular weight excluding hydrogens is 411 g/mol. The Morgan fingerprint density at radius 1 is 1.21 bits per heavy atom. The van der Waals surface area contributed by atoms with Crippen LogP contribution in [0.15, 0.2) is 52.3 Å². The highest BCUT2D eigenvalue weighted by molar-refractivity contribution is 8.00. The molecule has 0 amide bonds. The number of hydrogen-bond acceptors (Lipinski definition) is 5. The van der Waals surface area contributed by atoms with Crippen LogP contribution in [0.2, 0.25) is 0 Å². The number of pyridine rings is 1. The van der Waals surface area contributed by atoms with Gasteiger partial charge in [-0.05, 0) is 60.6 Å². The van der Waals surface area contributed by atoms with Crippen LogP contribution in [-0.2, 0) is 6.54 Å². The van der Waals surface area contributed by atoms with Crippen LogP contribution < -0.4 is 5.69 Å². The van der Waals surface area contributed by atoms with E-state index in [0.717, 1.165) is 4.57 Å². The molecule has 0 fully saturated rings. The molecule has 0 aliphatic carbocycles. The van der Waals surface area contributed by atoms with E-state index in [9.17, 15) is 27.9 Å². The van der Waals surface area contributed by atoms with Gasteiger partial charge < -0.3 is 10.2 Å². The highest BCUT2D eigenvalue weighted by Gasteiger charge is 2.29. The van der Waals surface area contributed by atoms with Crippen molar-refractivity contribution in [3.8, 4) is 11.6 Å². The molecule has 0 radical (unpaired) electrons. The number of rotatable bonds is 5. The van der Waals surface area contributed by atoms with Gasteiger partial charge in [-0.1, -0.05) is 0 Å². The number of carboxylic acids is 1. The first-order valence-electron chi connectivity index (χ1n) is 8.12. The van der Waals surface area contributed by atoms with Crippen LogP contribution in [0, 0.1) is 6.92 Å². The lowest BCUT2D eigenvalue weighted by atomic mass is 10.2. The molecule has 11 heteroatoms. The number of nitrogens with zero attached hydrogens (tertiary/aromatic N) is 3. The first kappa shape index (κ1) is 20.5. The zero-order valence-corrected chi connectivity index (χ0v) is 15.7. The van der Waals surface area contributed by atoms with E-state index in [-0.39, 0.29) is 46.2 Å². The third-order valence-corrected chi connectivity index (χ3v) is 4.81. The molecule has 29 heavy (non-hydrogen) atoms. The number of aromatic hydroxyl groups is 1. The average Bonchev–Trinajstić information content (AvgIpc) is 2.85. The van der Waals surface area contributed by atoms with Crippen molar-refractivity contribution in [1.82, 2.24) is 14.1 Å². The highest BCUT2D eigenvalue weighted by atomic mass is 32.2. The van der Waals surface area contributed by atoms with E-state index < -0.39 is 17.2 Å². The second-order valence-corrected chi connectivity index (χ2v) is 7.15. The van der Waals surface area contributed by atoms with Crippen molar-refractivity contribution in [2.24, 2.45) is 0 Å². The van der Waals surface area contributed by atoms with Gasteiger partial charge in [-0.3, -0.25) is 4.57 Å². The fourth-order valence-corrected chi connectivity index (χ4v) is 3.26. The zero-order chi connectivity index (χ0) is 21.3. The van der Waals surface area contributed by atoms with Gasteiger partial charge >= 0.3 is 17.2 Å². The molecule has 3 rings (SSSR count). The van der Waals surface area contributed by atoms with Gasteiger partial charge in [-0.15, -0.1) is 0 Å². The topological polar surface area (TPSA) is 97.4 Å². The standard InChI is InChI=1S/C18H14F3N3O4S/c1-10-15(25)24(12-2-4-13(5-3-12)29-18(19,20)21)17(28)23(10)9-11-6-7-22-14(8-11)16(26)27/h2-8,25H,9H2,1H3,(H,26,27). The van der Waals surface area contributed by atoms with E-state index >= 15 is 0 Å². The van der Waals surface area contributed by atoms with Gasteiger partial charge in [0.2, 0.25) is 5.88 Å². The lowest BCUT2D eigenvalue weighted by Crippen LogP contribution is -2.24. The molecule has 0 bridgehead atoms. The maximum absolute atomic E-state index is 12.8. The van der Waals surface area contributed by atoms with Crippen LogP contribution in [0.4, 0.5) is 13.2 Å². The molecule has 0 saturated heterocycles. The minimum absolute atomic E-state index is 0.0178. The minimum Gasteiger partial charge on any atom is -0.493 e. The molecule has 2 aromatic heterocycles. The maximum Gasteiger partial charge on any atom is 0.446 e. The summed E-state index contributed by atoms with van der Waals surface area (Å²) in [6.07, 6.45) is 1.30. The SMILES string of the molecule is Cc1c(O)n(-c2ccc(SC(F)(F)F)cc2)c(=O)n1Cc1ccnc(C(=O)O)c1. The van der Waals surface area contributed by atoms with Crippen LogP contribution in [0.1, 0.15) is 21.7 Å². The van der Waals surface area contributed by atoms with Gasteiger partial charge in [0.1, 0.15) is 5.69 Å². The Labute approximate surface area is 166 Å². The molecule has 2 N–H and O–H groups in total. The van der Waals surface area contributed by atoms with E-state index in [2.05, 4.69) is 4.98 Å². The molecule has 0 atom stereocenters. The van der Waals surface area contributed by atoms with Gasteiger partial charge in [0, 0.05) is 11.1 Å². The van der Waals surface area contributed by atoms with Crippen molar-refractivity contribution < 1.29 is 28.2 Å². The minimum atomic E-state index is -4.43. The number of aromatic carboxylic acids is 1. The molecule has 1 aromatic carbocycles. The highest BCUT2D eigenvalue weighted by Crippen LogP contribution is 2.37. The number of halogens is 3. The quantitative estimate of drug-likeness (QED) is 0.608. The fourth-order valence-electron chi connectivity index (χ4n) is 2.73. The Balaban J connectivity index is 1.96. The van der Waals surface area contributed by atoms with Crippen LogP contribution in [0.25, 0.3) is 5.69 Å². The molecule has 2 heterocycles. The van der Waals surface area contributed by atoms with Crippen LogP contribution in [0.3, 0.4) is 0 Å². The van der Waals surface area contributed by atoms with Crippen LogP contribution in [-0.4, -0.2) is 35.8 Å². The Morgan fingerprint density at radius 2 is 1.86 bits per heavy atom. The second-order valence-electron chi connectivity index (χ2n) is 6.01. The summed E-state index contributed by atoms with van der Waals surface area (Å²) in [6.45, 7) is 1.48. The molecule has 0 unspecified atom stereocenters. The summed E-state index contributed by atoms with van der Waals surface area (Å²) >= 11 is -0.282. The summed E-state index contributed by atoms with van der Waals surface area (Å²) in [7, 11) is 0. The van der Waals surface area contributed by atoms with E-state index in [1.807, 2.05) is 0 Å². The number of benzene rings is 1. The number of aromatic nitrogens is 3. The van der Waals surface area contributed by atoms with Crippen molar-refractivity contribution in [1.29, 1.82) is 0 Å². The number of carbonyl (C=O) groups is 1. The van der Waals surface area contributed by atoms with E-state index in [1.54, 1.807) is 0 Å². The summed E-state index contributed by atoms with van der Waals surface area (Å²) in [5.74, 6) is -1.58. The molecule has 152 valence electrons. The number of thioether (sulfide) groups is 1. The average molecular weight is 425 g/mol. The lowest BCUT2D eigenvalue weighted by Gasteiger charge is -2.07. The van der Waals surface area contributed by atoms with Crippen molar-refractivity contribution >= 4 is 17.7 Å². The predicted molar refractivity (Wildman–Crippen MR) is 98.6 cm³/mol.